The van der Waals surface area contributed by atoms with E-state index in [1.807, 2.05) is 0 Å². The second-order valence-corrected chi connectivity index (χ2v) is 13.2. The summed E-state index contributed by atoms with van der Waals surface area (Å²) < 4.78 is 10.2. The van der Waals surface area contributed by atoms with Gasteiger partial charge in [-0.3, -0.25) is 19.3 Å². The van der Waals surface area contributed by atoms with Gasteiger partial charge in [0.1, 0.15) is 0 Å². The van der Waals surface area contributed by atoms with Crippen LogP contribution in [0.3, 0.4) is 0 Å². The van der Waals surface area contributed by atoms with Gasteiger partial charge in [-0.1, -0.05) is 52.8 Å². The summed E-state index contributed by atoms with van der Waals surface area (Å²) >= 11 is 27.5. The normalized spacial score (nSPS) is 14.4. The first-order valence-corrected chi connectivity index (χ1v) is 16.4. The first-order chi connectivity index (χ1) is 22.5. The molecule has 0 fully saturated rings. The number of cyclic esters (lactones) is 2. The maximum atomic E-state index is 13.9. The number of rotatable bonds is 10. The standard InChI is InChI=1S/C34H23Cl4NO8/c35-18-10-14-23-15(32(43)39(31(14)42)7-3-5-9-46-22(41)6-2-1-4-8-40)11-19(36)26-28-21(38)13-17-24-16(33(44)47-34(17)45)12-20(37)27(30(24)28)25(18)29(23)26/h10-13,40H,1-9H2. The van der Waals surface area contributed by atoms with Crippen LogP contribution in [0.25, 0.3) is 43.1 Å². The van der Waals surface area contributed by atoms with E-state index >= 15 is 0 Å². The topological polar surface area (TPSA) is 127 Å². The summed E-state index contributed by atoms with van der Waals surface area (Å²) in [6.45, 7) is 0.297. The molecule has 0 spiro atoms. The molecule has 2 aliphatic heterocycles. The van der Waals surface area contributed by atoms with Gasteiger partial charge in [0.25, 0.3) is 11.8 Å². The smallest absolute Gasteiger partial charge is 0.346 e. The molecule has 0 aromatic heterocycles. The fourth-order valence-corrected chi connectivity index (χ4v) is 7.94. The van der Waals surface area contributed by atoms with Crippen molar-refractivity contribution in [2.75, 3.05) is 19.8 Å². The van der Waals surface area contributed by atoms with Crippen molar-refractivity contribution in [3.63, 3.8) is 0 Å². The van der Waals surface area contributed by atoms with E-state index in [2.05, 4.69) is 0 Å². The lowest BCUT2D eigenvalue weighted by Gasteiger charge is -2.30. The zero-order valence-electron chi connectivity index (χ0n) is 24.4. The SMILES string of the molecule is O=C(CCCCCO)OCCCCN1C(=O)c2cc(Cl)c3c4c(Cl)cc5c6c(cc(Cl)c(c7c(Cl)cc(c2c37)C1=O)c64)C(=O)OC5=O. The number of esters is 3. The molecule has 0 aliphatic carbocycles. The van der Waals surface area contributed by atoms with Gasteiger partial charge >= 0.3 is 17.9 Å². The minimum atomic E-state index is -0.860. The predicted octanol–water partition coefficient (Wildman–Crippen LogP) is 8.13. The largest absolute Gasteiger partial charge is 0.466 e. The zero-order chi connectivity index (χ0) is 33.3. The van der Waals surface area contributed by atoms with Crippen LogP contribution in [-0.4, -0.2) is 59.5 Å². The third-order valence-corrected chi connectivity index (χ3v) is 9.96. The van der Waals surface area contributed by atoms with E-state index in [1.165, 1.54) is 24.3 Å². The van der Waals surface area contributed by atoms with Crippen molar-refractivity contribution in [3.8, 4) is 0 Å². The van der Waals surface area contributed by atoms with Gasteiger partial charge in [0.15, 0.2) is 0 Å². The second-order valence-electron chi connectivity index (χ2n) is 11.5. The number of carbonyl (C=O) groups excluding carboxylic acids is 5. The number of carbonyl (C=O) groups is 5. The number of unbranched alkanes of at least 4 members (excludes halogenated alkanes) is 3. The zero-order valence-corrected chi connectivity index (χ0v) is 27.5. The average Bonchev–Trinajstić information content (AvgIpc) is 3.03. The van der Waals surface area contributed by atoms with Gasteiger partial charge in [0.05, 0.1) is 28.9 Å². The Morgan fingerprint density at radius 2 is 1.09 bits per heavy atom. The number of fused-ring (bicyclic) bond motifs is 2. The fourth-order valence-electron chi connectivity index (χ4n) is 6.75. The van der Waals surface area contributed by atoms with Gasteiger partial charge < -0.3 is 14.6 Å². The van der Waals surface area contributed by atoms with Crippen molar-refractivity contribution in [2.45, 2.75) is 38.5 Å². The highest BCUT2D eigenvalue weighted by Crippen LogP contribution is 2.53. The summed E-state index contributed by atoms with van der Waals surface area (Å²) in [6, 6.07) is 5.78. The molecule has 13 heteroatoms. The Balaban J connectivity index is 1.31. The lowest BCUT2D eigenvalue weighted by Crippen LogP contribution is -2.41. The molecule has 5 aromatic rings. The van der Waals surface area contributed by atoms with Crippen LogP contribution in [0.1, 0.15) is 80.0 Å². The van der Waals surface area contributed by atoms with E-state index in [1.54, 1.807) is 0 Å². The quantitative estimate of drug-likeness (QED) is 0.0384. The van der Waals surface area contributed by atoms with Gasteiger partial charge in [-0.05, 0) is 49.9 Å². The Hall–Kier alpha value is -3.73. The number of hydrogen-bond donors (Lipinski definition) is 1. The van der Waals surface area contributed by atoms with Crippen LogP contribution in [0, 0.1) is 0 Å². The number of aliphatic hydroxyl groups is 1. The van der Waals surface area contributed by atoms with Crippen molar-refractivity contribution in [1.82, 2.24) is 4.90 Å². The van der Waals surface area contributed by atoms with Gasteiger partial charge in [-0.15, -0.1) is 0 Å². The molecule has 47 heavy (non-hydrogen) atoms. The fraction of sp³-hybridized carbons (Fsp3) is 0.265. The van der Waals surface area contributed by atoms with E-state index < -0.39 is 23.8 Å². The number of aliphatic hydroxyl groups excluding tert-OH is 1. The highest BCUT2D eigenvalue weighted by molar-refractivity contribution is 6.55. The molecule has 2 aliphatic rings. The van der Waals surface area contributed by atoms with E-state index in [-0.39, 0.29) is 74.5 Å². The molecule has 9 nitrogen and oxygen atoms in total. The Morgan fingerprint density at radius 1 is 0.617 bits per heavy atom. The van der Waals surface area contributed by atoms with Gasteiger partial charge in [0, 0.05) is 82.8 Å². The minimum absolute atomic E-state index is 0.0703. The van der Waals surface area contributed by atoms with Gasteiger partial charge in [-0.25, -0.2) is 9.59 Å². The summed E-state index contributed by atoms with van der Waals surface area (Å²) in [5.74, 6) is -3.15. The van der Waals surface area contributed by atoms with E-state index in [0.29, 0.717) is 68.8 Å². The van der Waals surface area contributed by atoms with Crippen LogP contribution >= 0.6 is 46.4 Å². The summed E-state index contributed by atoms with van der Waals surface area (Å²) in [5, 5.41) is 12.4. The highest BCUT2D eigenvalue weighted by atomic mass is 35.5. The van der Waals surface area contributed by atoms with Crippen molar-refractivity contribution in [1.29, 1.82) is 0 Å². The second kappa shape index (κ2) is 12.1. The molecule has 0 saturated carbocycles. The Kier molecular flexibility index (Phi) is 8.17. The number of nitrogens with zero attached hydrogens (tertiary/aromatic N) is 1. The van der Waals surface area contributed by atoms with Crippen LogP contribution in [0.15, 0.2) is 24.3 Å². The molecular formula is C34H23Cl4NO8. The lowest BCUT2D eigenvalue weighted by molar-refractivity contribution is -0.143. The Labute approximate surface area is 286 Å². The van der Waals surface area contributed by atoms with Crippen molar-refractivity contribution >= 4 is 119 Å². The molecule has 0 bridgehead atoms. The number of benzene rings is 5. The molecule has 0 saturated heterocycles. The van der Waals surface area contributed by atoms with Crippen LogP contribution in [0.4, 0.5) is 0 Å². The first-order valence-electron chi connectivity index (χ1n) is 14.9. The monoisotopic (exact) mass is 713 g/mol. The van der Waals surface area contributed by atoms with Gasteiger partial charge in [-0.2, -0.15) is 0 Å². The molecular weight excluding hydrogens is 692 g/mol. The number of halogens is 4. The van der Waals surface area contributed by atoms with Crippen molar-refractivity contribution in [2.24, 2.45) is 0 Å². The number of amides is 2. The van der Waals surface area contributed by atoms with Crippen LogP contribution < -0.4 is 0 Å². The lowest BCUT2D eigenvalue weighted by atomic mass is 9.82. The maximum Gasteiger partial charge on any atom is 0.346 e. The molecule has 1 N–H and O–H groups in total. The predicted molar refractivity (Wildman–Crippen MR) is 179 cm³/mol. The van der Waals surface area contributed by atoms with E-state index in [0.717, 1.165) is 11.3 Å². The van der Waals surface area contributed by atoms with Crippen LogP contribution in [0.5, 0.6) is 0 Å². The molecule has 5 aromatic carbocycles. The third-order valence-electron chi connectivity index (χ3n) is 8.77. The Morgan fingerprint density at radius 3 is 1.57 bits per heavy atom. The maximum absolute atomic E-state index is 13.9. The molecule has 0 radical (unpaired) electrons. The molecule has 7 rings (SSSR count). The molecule has 2 amide bonds. The summed E-state index contributed by atoms with van der Waals surface area (Å²) in [7, 11) is 0. The molecule has 2 heterocycles. The van der Waals surface area contributed by atoms with Crippen LogP contribution in [0.2, 0.25) is 20.1 Å². The Bertz CT molecular complexity index is 2120. The minimum Gasteiger partial charge on any atom is -0.466 e. The van der Waals surface area contributed by atoms with Crippen molar-refractivity contribution < 1.29 is 38.6 Å². The molecule has 0 atom stereocenters. The third kappa shape index (κ3) is 4.90. The number of imide groups is 1. The van der Waals surface area contributed by atoms with Crippen LogP contribution in [-0.2, 0) is 14.3 Å². The highest BCUT2D eigenvalue weighted by Gasteiger charge is 2.38. The number of hydrogen-bond acceptors (Lipinski definition) is 8. The van der Waals surface area contributed by atoms with Gasteiger partial charge in [0.2, 0.25) is 0 Å². The first kappa shape index (κ1) is 31.8. The van der Waals surface area contributed by atoms with Crippen molar-refractivity contribution in [3.05, 3.63) is 66.6 Å². The summed E-state index contributed by atoms with van der Waals surface area (Å²) in [6.07, 6.45) is 3.07. The average molecular weight is 715 g/mol. The summed E-state index contributed by atoms with van der Waals surface area (Å²) in [5.41, 5.74) is 0.541. The molecule has 240 valence electrons. The van der Waals surface area contributed by atoms with E-state index in [4.69, 9.17) is 61.0 Å². The number of ether oxygens (including phenoxy) is 2. The summed E-state index contributed by atoms with van der Waals surface area (Å²) in [4.78, 5) is 66.3. The van der Waals surface area contributed by atoms with E-state index in [9.17, 15) is 24.0 Å². The molecule has 0 unspecified atom stereocenters.